The molecule has 3 N–H and O–H groups in total. The van der Waals surface area contributed by atoms with Crippen molar-refractivity contribution in [3.8, 4) is 0 Å². The summed E-state index contributed by atoms with van der Waals surface area (Å²) in [6, 6.07) is 7.06. The van der Waals surface area contributed by atoms with Gasteiger partial charge in [0.05, 0.1) is 6.54 Å². The molecule has 0 bridgehead atoms. The molecule has 136 valence electrons. The van der Waals surface area contributed by atoms with Crippen molar-refractivity contribution in [2.45, 2.75) is 45.6 Å². The monoisotopic (exact) mass is 346 g/mol. The van der Waals surface area contributed by atoms with Crippen molar-refractivity contribution < 1.29 is 19.5 Å². The highest BCUT2D eigenvalue weighted by molar-refractivity contribution is 5.89. The van der Waals surface area contributed by atoms with E-state index in [0.29, 0.717) is 6.42 Å². The minimum absolute atomic E-state index is 0.111. The molecule has 0 saturated heterocycles. The van der Waals surface area contributed by atoms with Crippen molar-refractivity contribution in [1.29, 1.82) is 0 Å². The maximum Gasteiger partial charge on any atom is 0.326 e. The van der Waals surface area contributed by atoms with Crippen LogP contribution in [0.5, 0.6) is 0 Å². The maximum absolute atomic E-state index is 12.2. The third kappa shape index (κ3) is 5.31. The van der Waals surface area contributed by atoms with E-state index in [9.17, 15) is 14.4 Å². The summed E-state index contributed by atoms with van der Waals surface area (Å²) in [4.78, 5) is 35.3. The number of aryl methyl sites for hydroxylation is 1. The number of hydrogen-bond acceptors (Lipinski definition) is 3. The summed E-state index contributed by atoms with van der Waals surface area (Å²) in [7, 11) is 0. The first kappa shape index (κ1) is 19.0. The highest BCUT2D eigenvalue weighted by Crippen LogP contribution is 2.48. The van der Waals surface area contributed by atoms with E-state index in [4.69, 9.17) is 5.11 Å². The zero-order valence-corrected chi connectivity index (χ0v) is 14.9. The molecule has 0 aromatic heterocycles. The topological polar surface area (TPSA) is 95.5 Å². The van der Waals surface area contributed by atoms with Gasteiger partial charge in [-0.3, -0.25) is 9.59 Å². The lowest BCUT2D eigenvalue weighted by atomic mass is 10.0. The van der Waals surface area contributed by atoms with Gasteiger partial charge in [-0.05, 0) is 42.7 Å². The van der Waals surface area contributed by atoms with Crippen molar-refractivity contribution in [2.75, 3.05) is 6.54 Å². The van der Waals surface area contributed by atoms with Gasteiger partial charge in [0.15, 0.2) is 0 Å². The Hall–Kier alpha value is -2.37. The molecular weight excluding hydrogens is 320 g/mol. The molecule has 1 aromatic carbocycles. The summed E-state index contributed by atoms with van der Waals surface area (Å²) >= 11 is 0. The fraction of sp³-hybridized carbons (Fsp3) is 0.526. The lowest BCUT2D eigenvalue weighted by molar-refractivity contribution is -0.142. The third-order valence-corrected chi connectivity index (χ3v) is 4.48. The molecule has 2 unspecified atom stereocenters. The molecule has 1 fully saturated rings. The number of carboxylic acids is 1. The average Bonchev–Trinajstić information content (AvgIpc) is 3.32. The lowest BCUT2D eigenvalue weighted by Crippen LogP contribution is -2.46. The SMILES string of the molecule is Cc1ccccc1C1CC1C(=O)NCC(=O)N[C@@H](CC(C)C)C(=O)O. The van der Waals surface area contributed by atoms with E-state index < -0.39 is 17.9 Å². The van der Waals surface area contributed by atoms with Crippen LogP contribution in [0.3, 0.4) is 0 Å². The Bertz CT molecular complexity index is 657. The van der Waals surface area contributed by atoms with Crippen LogP contribution in [-0.2, 0) is 14.4 Å². The van der Waals surface area contributed by atoms with Crippen molar-refractivity contribution in [1.82, 2.24) is 10.6 Å². The van der Waals surface area contributed by atoms with Gasteiger partial charge in [0.25, 0.3) is 0 Å². The number of amides is 2. The van der Waals surface area contributed by atoms with E-state index in [1.807, 2.05) is 45.0 Å². The second-order valence-electron chi connectivity index (χ2n) is 7.11. The Morgan fingerprint density at radius 1 is 1.24 bits per heavy atom. The van der Waals surface area contributed by atoms with E-state index >= 15 is 0 Å². The second kappa shape index (κ2) is 8.14. The van der Waals surface area contributed by atoms with Crippen LogP contribution in [0, 0.1) is 18.8 Å². The van der Waals surface area contributed by atoms with Gasteiger partial charge < -0.3 is 15.7 Å². The summed E-state index contributed by atoms with van der Waals surface area (Å²) in [5.74, 6) is -1.45. The van der Waals surface area contributed by atoms with Gasteiger partial charge in [0, 0.05) is 5.92 Å². The Labute approximate surface area is 148 Å². The highest BCUT2D eigenvalue weighted by atomic mass is 16.4. The molecule has 6 nitrogen and oxygen atoms in total. The van der Waals surface area contributed by atoms with Crippen LogP contribution in [0.15, 0.2) is 24.3 Å². The largest absolute Gasteiger partial charge is 0.480 e. The molecule has 0 aliphatic heterocycles. The Balaban J connectivity index is 1.80. The van der Waals surface area contributed by atoms with E-state index in [2.05, 4.69) is 10.6 Å². The molecular formula is C19H26N2O4. The van der Waals surface area contributed by atoms with Gasteiger partial charge in [-0.15, -0.1) is 0 Å². The van der Waals surface area contributed by atoms with Crippen molar-refractivity contribution in [2.24, 2.45) is 11.8 Å². The summed E-state index contributed by atoms with van der Waals surface area (Å²) < 4.78 is 0. The Kier molecular flexibility index (Phi) is 6.17. The number of benzene rings is 1. The molecule has 1 aliphatic rings. The van der Waals surface area contributed by atoms with E-state index in [1.165, 1.54) is 11.1 Å². The fourth-order valence-corrected chi connectivity index (χ4v) is 3.07. The summed E-state index contributed by atoms with van der Waals surface area (Å²) in [6.45, 7) is 5.61. The van der Waals surface area contributed by atoms with Gasteiger partial charge >= 0.3 is 5.97 Å². The molecule has 0 spiro atoms. The van der Waals surface area contributed by atoms with Crippen LogP contribution in [0.1, 0.15) is 43.7 Å². The second-order valence-corrected chi connectivity index (χ2v) is 7.11. The van der Waals surface area contributed by atoms with Crippen LogP contribution in [0.4, 0.5) is 0 Å². The standard InChI is InChI=1S/C19H26N2O4/c1-11(2)8-16(19(24)25)21-17(22)10-20-18(23)15-9-14(15)13-7-5-4-6-12(13)3/h4-7,11,14-16H,8-10H2,1-3H3,(H,20,23)(H,21,22)(H,24,25)/t14?,15?,16-/m0/s1. The molecule has 1 saturated carbocycles. The molecule has 0 radical (unpaired) electrons. The van der Waals surface area contributed by atoms with Crippen molar-refractivity contribution in [3.63, 3.8) is 0 Å². The first-order chi connectivity index (χ1) is 11.8. The van der Waals surface area contributed by atoms with Crippen LogP contribution in [-0.4, -0.2) is 35.5 Å². The maximum atomic E-state index is 12.2. The van der Waals surface area contributed by atoms with Gasteiger partial charge in [0.2, 0.25) is 11.8 Å². The van der Waals surface area contributed by atoms with E-state index in [0.717, 1.165) is 6.42 Å². The van der Waals surface area contributed by atoms with Gasteiger partial charge in [-0.1, -0.05) is 38.1 Å². The first-order valence-electron chi connectivity index (χ1n) is 8.65. The summed E-state index contributed by atoms with van der Waals surface area (Å²) in [5.41, 5.74) is 2.34. The van der Waals surface area contributed by atoms with E-state index in [1.54, 1.807) is 0 Å². The molecule has 1 aromatic rings. The summed E-state index contributed by atoms with van der Waals surface area (Å²) in [5, 5.41) is 14.2. The number of carboxylic acid groups (broad SMARTS) is 1. The molecule has 3 atom stereocenters. The number of rotatable bonds is 8. The third-order valence-electron chi connectivity index (χ3n) is 4.48. The van der Waals surface area contributed by atoms with Crippen LogP contribution >= 0.6 is 0 Å². The number of carbonyl (C=O) groups excluding carboxylic acids is 2. The number of nitrogens with one attached hydrogen (secondary N) is 2. The van der Waals surface area contributed by atoms with Crippen molar-refractivity contribution in [3.05, 3.63) is 35.4 Å². The quantitative estimate of drug-likeness (QED) is 0.669. The zero-order chi connectivity index (χ0) is 18.6. The fourth-order valence-electron chi connectivity index (χ4n) is 3.07. The predicted molar refractivity (Wildman–Crippen MR) is 94.1 cm³/mol. The van der Waals surface area contributed by atoms with Crippen molar-refractivity contribution >= 4 is 17.8 Å². The number of carbonyl (C=O) groups is 3. The van der Waals surface area contributed by atoms with Crippen LogP contribution < -0.4 is 10.6 Å². The molecule has 2 amide bonds. The van der Waals surface area contributed by atoms with E-state index in [-0.39, 0.29) is 30.2 Å². The molecule has 6 heteroatoms. The minimum atomic E-state index is -1.06. The van der Waals surface area contributed by atoms with Crippen LogP contribution in [0.2, 0.25) is 0 Å². The molecule has 0 heterocycles. The van der Waals surface area contributed by atoms with Gasteiger partial charge in [0.1, 0.15) is 6.04 Å². The number of aliphatic carboxylic acids is 1. The smallest absolute Gasteiger partial charge is 0.326 e. The first-order valence-corrected chi connectivity index (χ1v) is 8.65. The summed E-state index contributed by atoms with van der Waals surface area (Å²) in [6.07, 6.45) is 1.14. The van der Waals surface area contributed by atoms with Gasteiger partial charge in [-0.2, -0.15) is 0 Å². The highest BCUT2D eigenvalue weighted by Gasteiger charge is 2.44. The Morgan fingerprint density at radius 3 is 2.52 bits per heavy atom. The van der Waals surface area contributed by atoms with Crippen LogP contribution in [0.25, 0.3) is 0 Å². The zero-order valence-electron chi connectivity index (χ0n) is 14.9. The number of hydrogen-bond donors (Lipinski definition) is 3. The molecule has 2 rings (SSSR count). The normalized spacial score (nSPS) is 20.0. The lowest BCUT2D eigenvalue weighted by Gasteiger charge is -2.16. The van der Waals surface area contributed by atoms with Gasteiger partial charge in [-0.25, -0.2) is 4.79 Å². The minimum Gasteiger partial charge on any atom is -0.480 e. The molecule has 1 aliphatic carbocycles. The average molecular weight is 346 g/mol. The molecule has 25 heavy (non-hydrogen) atoms. The predicted octanol–water partition coefficient (Wildman–Crippen LogP) is 1.83. The Morgan fingerprint density at radius 2 is 1.92 bits per heavy atom.